The molecule has 0 atom stereocenters. The molecule has 2 nitrogen and oxygen atoms in total. The summed E-state index contributed by atoms with van der Waals surface area (Å²) in [5.41, 5.74) is 19.2. The van der Waals surface area contributed by atoms with Gasteiger partial charge in [-0.1, -0.05) is 141 Å². The summed E-state index contributed by atoms with van der Waals surface area (Å²) >= 11 is 0. The summed E-state index contributed by atoms with van der Waals surface area (Å²) in [5, 5.41) is 11.6. The summed E-state index contributed by atoms with van der Waals surface area (Å²) in [6.45, 7) is 4.75. The highest BCUT2D eigenvalue weighted by Gasteiger charge is 2.36. The molecule has 10 aromatic carbocycles. The van der Waals surface area contributed by atoms with E-state index < -0.39 is 0 Å². The third kappa shape index (κ3) is 5.23. The summed E-state index contributed by atoms with van der Waals surface area (Å²) in [6, 6.07) is 73.0. The molecule has 65 heavy (non-hydrogen) atoms. The first-order valence-corrected chi connectivity index (χ1v) is 23.1. The number of benzene rings is 10. The van der Waals surface area contributed by atoms with Gasteiger partial charge in [0, 0.05) is 38.6 Å². The molecular formula is C63H44N2. The fourth-order valence-electron chi connectivity index (χ4n) is 11.8. The topological polar surface area (TPSA) is 9.86 Å². The third-order valence-corrected chi connectivity index (χ3v) is 14.9. The Kier molecular flexibility index (Phi) is 7.61. The van der Waals surface area contributed by atoms with Crippen molar-refractivity contribution in [2.75, 3.05) is 0 Å². The molecule has 306 valence electrons. The zero-order valence-electron chi connectivity index (χ0n) is 36.4. The predicted molar refractivity (Wildman–Crippen MR) is 276 cm³/mol. The monoisotopic (exact) mass is 828 g/mol. The second-order valence-corrected chi connectivity index (χ2v) is 18.8. The Labute approximate surface area is 377 Å². The van der Waals surface area contributed by atoms with Crippen molar-refractivity contribution in [1.29, 1.82) is 0 Å². The molecule has 0 radical (unpaired) electrons. The van der Waals surface area contributed by atoms with E-state index in [4.69, 9.17) is 0 Å². The van der Waals surface area contributed by atoms with Crippen LogP contribution in [0.2, 0.25) is 0 Å². The van der Waals surface area contributed by atoms with Crippen LogP contribution in [0.5, 0.6) is 0 Å². The lowest BCUT2D eigenvalue weighted by Gasteiger charge is -2.21. The summed E-state index contributed by atoms with van der Waals surface area (Å²) in [6.07, 6.45) is 6.76. The number of rotatable bonds is 4. The number of nitrogens with zero attached hydrogens (tertiary/aromatic N) is 2. The molecule has 2 heterocycles. The van der Waals surface area contributed by atoms with Gasteiger partial charge in [-0.25, -0.2) is 0 Å². The van der Waals surface area contributed by atoms with Crippen molar-refractivity contribution in [3.05, 3.63) is 223 Å². The standard InChI is InChI=1S/C63H44N2/c1-63(2)57-23-13-11-21-49(57)53-37-56-55-36-42(28-32-61(55)65(62(56)38-58(53)63)44-17-7-4-8-18-44)40-26-30-48-46-20-10-9-19-45(46)47-29-25-39(33-51(47)52(48)34-40)41-27-31-60-54(35-41)50-22-12-14-24-59(50)64(60)43-15-5-3-6-16-43/h3-11,13-21,23-38H,12,22H2,1-2H3. The van der Waals surface area contributed by atoms with Gasteiger partial charge in [-0.2, -0.15) is 0 Å². The zero-order valence-corrected chi connectivity index (χ0v) is 36.4. The van der Waals surface area contributed by atoms with Crippen molar-refractivity contribution in [3.8, 4) is 44.8 Å². The number of hydrogen-bond acceptors (Lipinski definition) is 0. The lowest BCUT2D eigenvalue weighted by Crippen LogP contribution is -2.14. The Morgan fingerprint density at radius 2 is 0.877 bits per heavy atom. The van der Waals surface area contributed by atoms with Crippen molar-refractivity contribution in [3.63, 3.8) is 0 Å². The van der Waals surface area contributed by atoms with Crippen LogP contribution < -0.4 is 0 Å². The lowest BCUT2D eigenvalue weighted by atomic mass is 9.82. The second kappa shape index (κ2) is 13.5. The van der Waals surface area contributed by atoms with Crippen molar-refractivity contribution in [1.82, 2.24) is 9.13 Å². The van der Waals surface area contributed by atoms with E-state index in [-0.39, 0.29) is 5.41 Å². The number of aryl methyl sites for hydroxylation is 1. The molecule has 0 aliphatic heterocycles. The molecule has 0 N–H and O–H groups in total. The fourth-order valence-corrected chi connectivity index (χ4v) is 11.8. The molecule has 12 aromatic rings. The minimum absolute atomic E-state index is 0.0840. The third-order valence-electron chi connectivity index (χ3n) is 14.9. The van der Waals surface area contributed by atoms with Crippen molar-refractivity contribution in [2.45, 2.75) is 32.1 Å². The molecule has 2 aromatic heterocycles. The van der Waals surface area contributed by atoms with E-state index in [0.717, 1.165) is 12.8 Å². The van der Waals surface area contributed by atoms with Crippen LogP contribution in [0.4, 0.5) is 0 Å². The highest BCUT2D eigenvalue weighted by atomic mass is 15.0. The second-order valence-electron chi connectivity index (χ2n) is 18.8. The first-order chi connectivity index (χ1) is 32.0. The van der Waals surface area contributed by atoms with Crippen LogP contribution in [0.15, 0.2) is 200 Å². The molecule has 14 rings (SSSR count). The molecule has 0 saturated carbocycles. The van der Waals surface area contributed by atoms with E-state index in [2.05, 4.69) is 229 Å². The van der Waals surface area contributed by atoms with Crippen LogP contribution in [0.3, 0.4) is 0 Å². The van der Waals surface area contributed by atoms with Gasteiger partial charge in [0.15, 0.2) is 0 Å². The smallest absolute Gasteiger partial charge is 0.0544 e. The van der Waals surface area contributed by atoms with Gasteiger partial charge in [-0.3, -0.25) is 0 Å². The van der Waals surface area contributed by atoms with Gasteiger partial charge < -0.3 is 9.13 Å². The minimum atomic E-state index is -0.0840. The molecule has 0 spiro atoms. The number of hydrogen-bond donors (Lipinski definition) is 0. The van der Waals surface area contributed by atoms with Crippen LogP contribution in [0.25, 0.3) is 116 Å². The van der Waals surface area contributed by atoms with E-state index in [0.29, 0.717) is 0 Å². The molecule has 2 aliphatic carbocycles. The summed E-state index contributed by atoms with van der Waals surface area (Å²) < 4.78 is 4.91. The van der Waals surface area contributed by atoms with E-state index in [9.17, 15) is 0 Å². The Morgan fingerprint density at radius 3 is 1.54 bits per heavy atom. The summed E-state index contributed by atoms with van der Waals surface area (Å²) in [7, 11) is 0. The normalized spacial score (nSPS) is 13.9. The van der Waals surface area contributed by atoms with Gasteiger partial charge in [-0.15, -0.1) is 0 Å². The Bertz CT molecular complexity index is 4010. The Hall–Kier alpha value is -7.94. The van der Waals surface area contributed by atoms with Gasteiger partial charge in [0.25, 0.3) is 0 Å². The Balaban J connectivity index is 0.969. The number of aromatic nitrogens is 2. The predicted octanol–water partition coefficient (Wildman–Crippen LogP) is 16.8. The summed E-state index contributed by atoms with van der Waals surface area (Å²) in [5.74, 6) is 0. The highest BCUT2D eigenvalue weighted by Crippen LogP contribution is 2.51. The Morgan fingerprint density at radius 1 is 0.369 bits per heavy atom. The van der Waals surface area contributed by atoms with E-state index >= 15 is 0 Å². The maximum absolute atomic E-state index is 2.48. The molecule has 0 amide bonds. The number of fused-ring (bicyclic) bond motifs is 15. The van der Waals surface area contributed by atoms with Crippen LogP contribution in [0.1, 0.15) is 42.7 Å². The highest BCUT2D eigenvalue weighted by molar-refractivity contribution is 6.26. The maximum atomic E-state index is 2.48. The first-order valence-electron chi connectivity index (χ1n) is 23.1. The molecule has 0 fully saturated rings. The summed E-state index contributed by atoms with van der Waals surface area (Å²) in [4.78, 5) is 0. The number of allylic oxidation sites excluding steroid dienone is 1. The molecule has 0 unspecified atom stereocenters. The van der Waals surface area contributed by atoms with E-state index in [1.54, 1.807) is 0 Å². The van der Waals surface area contributed by atoms with Gasteiger partial charge in [0.05, 0.1) is 16.6 Å². The SMILES string of the molecule is CC1(C)c2ccccc2-c2cc3c4cc(-c5ccc6c7ccccc7c7ccc(-c8ccc9c(c8)c8c(n9-c9ccccc9)C=CCC8)cc7c6c5)ccc4n(-c4ccccc4)c3cc21. The molecule has 2 heteroatoms. The van der Waals surface area contributed by atoms with Crippen molar-refractivity contribution < 1.29 is 0 Å². The molecule has 0 saturated heterocycles. The van der Waals surface area contributed by atoms with Gasteiger partial charge in [0.1, 0.15) is 0 Å². The van der Waals surface area contributed by atoms with Crippen LogP contribution in [-0.2, 0) is 11.8 Å². The zero-order chi connectivity index (χ0) is 43.0. The van der Waals surface area contributed by atoms with Crippen molar-refractivity contribution in [2.24, 2.45) is 0 Å². The van der Waals surface area contributed by atoms with Crippen LogP contribution >= 0.6 is 0 Å². The molecule has 2 aliphatic rings. The lowest BCUT2D eigenvalue weighted by molar-refractivity contribution is 0.661. The minimum Gasteiger partial charge on any atom is -0.310 e. The van der Waals surface area contributed by atoms with Crippen LogP contribution in [0, 0.1) is 0 Å². The van der Waals surface area contributed by atoms with E-state index in [1.807, 2.05) is 0 Å². The quantitative estimate of drug-likeness (QED) is 0.156. The molecular weight excluding hydrogens is 785 g/mol. The average Bonchev–Trinajstić information content (AvgIpc) is 3.95. The first kappa shape index (κ1) is 36.5. The molecule has 0 bridgehead atoms. The van der Waals surface area contributed by atoms with Crippen LogP contribution in [-0.4, -0.2) is 9.13 Å². The maximum Gasteiger partial charge on any atom is 0.0544 e. The average molecular weight is 829 g/mol. The largest absolute Gasteiger partial charge is 0.310 e. The fraction of sp³-hybridized carbons (Fsp3) is 0.0794. The van der Waals surface area contributed by atoms with Gasteiger partial charge in [-0.05, 0) is 174 Å². The van der Waals surface area contributed by atoms with Crippen molar-refractivity contribution >= 4 is 71.1 Å². The van der Waals surface area contributed by atoms with Gasteiger partial charge in [0.2, 0.25) is 0 Å². The van der Waals surface area contributed by atoms with Gasteiger partial charge >= 0.3 is 0 Å². The number of para-hydroxylation sites is 2. The van der Waals surface area contributed by atoms with E-state index in [1.165, 1.54) is 132 Å².